The largest absolute Gasteiger partial charge is 0.352 e. The molecular weight excluding hydrogens is 336 g/mol. The van der Waals surface area contributed by atoms with Gasteiger partial charge in [-0.25, -0.2) is 4.98 Å². The Morgan fingerprint density at radius 3 is 2.56 bits per heavy atom. The summed E-state index contributed by atoms with van der Waals surface area (Å²) >= 11 is 1.47. The zero-order chi connectivity index (χ0) is 18.7. The van der Waals surface area contributed by atoms with Gasteiger partial charge in [0, 0.05) is 18.3 Å². The molecule has 7 heteroatoms. The highest BCUT2D eigenvalue weighted by atomic mass is 32.2. The summed E-state index contributed by atoms with van der Waals surface area (Å²) in [6.45, 7) is 10.8. The summed E-state index contributed by atoms with van der Waals surface area (Å²) in [6.07, 6.45) is 2.80. The van der Waals surface area contributed by atoms with E-state index in [1.807, 2.05) is 33.1 Å². The molecule has 25 heavy (non-hydrogen) atoms. The molecule has 0 radical (unpaired) electrons. The third-order valence-electron chi connectivity index (χ3n) is 4.23. The van der Waals surface area contributed by atoms with Crippen molar-refractivity contribution in [2.45, 2.75) is 65.3 Å². The van der Waals surface area contributed by atoms with Crippen molar-refractivity contribution in [3.63, 3.8) is 0 Å². The number of fused-ring (bicyclic) bond motifs is 1. The number of hydrogen-bond acceptors (Lipinski definition) is 4. The molecule has 0 saturated heterocycles. The first-order valence-corrected chi connectivity index (χ1v) is 9.94. The lowest BCUT2D eigenvalue weighted by Crippen LogP contribution is -2.35. The fraction of sp³-hybridized carbons (Fsp3) is 0.611. The average molecular weight is 365 g/mol. The van der Waals surface area contributed by atoms with E-state index in [1.54, 1.807) is 9.13 Å². The van der Waals surface area contributed by atoms with Crippen molar-refractivity contribution in [3.05, 3.63) is 22.1 Å². The van der Waals surface area contributed by atoms with E-state index in [4.69, 9.17) is 0 Å². The lowest BCUT2D eigenvalue weighted by molar-refractivity contribution is -0.122. The summed E-state index contributed by atoms with van der Waals surface area (Å²) in [7, 11) is 0. The van der Waals surface area contributed by atoms with Gasteiger partial charge >= 0.3 is 0 Å². The number of carbonyl (C=O) groups is 1. The molecule has 6 nitrogen and oxygen atoms in total. The second-order valence-corrected chi connectivity index (χ2v) is 7.66. The van der Waals surface area contributed by atoms with E-state index in [1.165, 1.54) is 11.8 Å². The van der Waals surface area contributed by atoms with Crippen LogP contribution >= 0.6 is 11.8 Å². The van der Waals surface area contributed by atoms with E-state index in [0.29, 0.717) is 28.7 Å². The van der Waals surface area contributed by atoms with Gasteiger partial charge in [0.25, 0.3) is 5.56 Å². The molecule has 2 aromatic heterocycles. The molecule has 0 bridgehead atoms. The SMILES string of the molecule is CC[C@@H](C)NC(=O)Cn1c(C)cc2nc(SC)n(CC(C)C)c(=O)c21. The van der Waals surface area contributed by atoms with Gasteiger partial charge in [-0.3, -0.25) is 14.2 Å². The Morgan fingerprint density at radius 2 is 2.00 bits per heavy atom. The summed E-state index contributed by atoms with van der Waals surface area (Å²) in [5.41, 5.74) is 1.96. The van der Waals surface area contributed by atoms with Crippen LogP contribution in [0.15, 0.2) is 16.0 Å². The quantitative estimate of drug-likeness (QED) is 0.606. The maximum Gasteiger partial charge on any atom is 0.278 e. The van der Waals surface area contributed by atoms with Crippen LogP contribution in [-0.2, 0) is 17.9 Å². The number of nitrogens with one attached hydrogen (secondary N) is 1. The molecule has 2 rings (SSSR count). The third kappa shape index (κ3) is 4.26. The highest BCUT2D eigenvalue weighted by Gasteiger charge is 2.18. The topological polar surface area (TPSA) is 68.9 Å². The van der Waals surface area contributed by atoms with E-state index in [2.05, 4.69) is 24.1 Å². The monoisotopic (exact) mass is 364 g/mol. The Bertz CT molecular complexity index is 823. The van der Waals surface area contributed by atoms with Crippen LogP contribution in [0.3, 0.4) is 0 Å². The summed E-state index contributed by atoms with van der Waals surface area (Å²) in [6, 6.07) is 2.00. The first-order valence-electron chi connectivity index (χ1n) is 8.72. The van der Waals surface area contributed by atoms with E-state index in [0.717, 1.165) is 12.1 Å². The first kappa shape index (κ1) is 19.6. The summed E-state index contributed by atoms with van der Waals surface area (Å²) in [5.74, 6) is 0.250. The minimum atomic E-state index is -0.0845. The zero-order valence-electron chi connectivity index (χ0n) is 15.9. The van der Waals surface area contributed by atoms with Crippen LogP contribution in [0.25, 0.3) is 11.0 Å². The van der Waals surface area contributed by atoms with Gasteiger partial charge in [0.1, 0.15) is 12.1 Å². The van der Waals surface area contributed by atoms with Gasteiger partial charge in [-0.1, -0.05) is 32.5 Å². The Balaban J connectivity index is 2.53. The van der Waals surface area contributed by atoms with Gasteiger partial charge in [0.2, 0.25) is 5.91 Å². The number of nitrogens with zero attached hydrogens (tertiary/aromatic N) is 3. The lowest BCUT2D eigenvalue weighted by Gasteiger charge is -2.15. The van der Waals surface area contributed by atoms with Crippen molar-refractivity contribution in [3.8, 4) is 0 Å². The number of hydrogen-bond donors (Lipinski definition) is 1. The molecule has 2 aromatic rings. The number of thioether (sulfide) groups is 1. The molecule has 0 saturated carbocycles. The number of rotatable bonds is 7. The number of carbonyl (C=O) groups excluding carboxylic acids is 1. The number of amides is 1. The molecule has 138 valence electrons. The van der Waals surface area contributed by atoms with Gasteiger partial charge in [-0.05, 0) is 38.5 Å². The average Bonchev–Trinajstić information content (AvgIpc) is 2.85. The second kappa shape index (κ2) is 8.08. The molecule has 0 aliphatic rings. The van der Waals surface area contributed by atoms with Crippen LogP contribution in [0.1, 0.15) is 39.8 Å². The van der Waals surface area contributed by atoms with Gasteiger partial charge in [-0.2, -0.15) is 0 Å². The molecular formula is C18H28N4O2S. The molecule has 1 atom stereocenters. The van der Waals surface area contributed by atoms with Crippen molar-refractivity contribution in [2.24, 2.45) is 5.92 Å². The highest BCUT2D eigenvalue weighted by molar-refractivity contribution is 7.98. The molecule has 0 aliphatic carbocycles. The second-order valence-electron chi connectivity index (χ2n) is 6.89. The maximum absolute atomic E-state index is 13.1. The minimum Gasteiger partial charge on any atom is -0.352 e. The molecule has 0 aliphatic heterocycles. The Labute approximate surface area is 153 Å². The smallest absolute Gasteiger partial charge is 0.278 e. The normalized spacial score (nSPS) is 12.8. The van der Waals surface area contributed by atoms with Gasteiger partial charge < -0.3 is 9.88 Å². The molecule has 0 spiro atoms. The van der Waals surface area contributed by atoms with E-state index >= 15 is 0 Å². The predicted molar refractivity (Wildman–Crippen MR) is 103 cm³/mol. The van der Waals surface area contributed by atoms with Crippen LogP contribution in [0.5, 0.6) is 0 Å². The van der Waals surface area contributed by atoms with Crippen molar-refractivity contribution in [2.75, 3.05) is 6.26 Å². The van der Waals surface area contributed by atoms with E-state index in [9.17, 15) is 9.59 Å². The number of aryl methyl sites for hydroxylation is 1. The fourth-order valence-corrected chi connectivity index (χ4v) is 3.37. The standard InChI is InChI=1S/C18H28N4O2S/c1-7-12(4)19-15(23)10-21-13(5)8-14-16(21)17(24)22(9-11(2)3)18(20-14)25-6/h8,11-12H,7,9-10H2,1-6H3,(H,19,23)/t12-/m1/s1. The molecule has 0 unspecified atom stereocenters. The summed E-state index contributed by atoms with van der Waals surface area (Å²) < 4.78 is 3.50. The van der Waals surface area contributed by atoms with Crippen molar-refractivity contribution in [1.29, 1.82) is 0 Å². The van der Waals surface area contributed by atoms with Gasteiger partial charge in [-0.15, -0.1) is 0 Å². The molecule has 1 amide bonds. The lowest BCUT2D eigenvalue weighted by atomic mass is 10.2. The molecule has 1 N–H and O–H groups in total. The van der Waals surface area contributed by atoms with Crippen LogP contribution < -0.4 is 10.9 Å². The molecule has 0 aromatic carbocycles. The van der Waals surface area contributed by atoms with Crippen molar-refractivity contribution >= 4 is 28.7 Å². The van der Waals surface area contributed by atoms with Crippen molar-refractivity contribution < 1.29 is 4.79 Å². The summed E-state index contributed by atoms with van der Waals surface area (Å²) in [5, 5.41) is 3.67. The molecule has 2 heterocycles. The first-order chi connectivity index (χ1) is 11.8. The fourth-order valence-electron chi connectivity index (χ4n) is 2.80. The Morgan fingerprint density at radius 1 is 1.32 bits per heavy atom. The van der Waals surface area contributed by atoms with Crippen LogP contribution in [0, 0.1) is 12.8 Å². The zero-order valence-corrected chi connectivity index (χ0v) is 16.7. The van der Waals surface area contributed by atoms with Gasteiger partial charge in [0.15, 0.2) is 5.16 Å². The van der Waals surface area contributed by atoms with Crippen LogP contribution in [-0.4, -0.2) is 32.3 Å². The Hall–Kier alpha value is -1.76. The van der Waals surface area contributed by atoms with Crippen molar-refractivity contribution in [1.82, 2.24) is 19.4 Å². The minimum absolute atomic E-state index is 0.0764. The van der Waals surface area contributed by atoms with Crippen LogP contribution in [0.4, 0.5) is 0 Å². The Kier molecular flexibility index (Phi) is 6.32. The van der Waals surface area contributed by atoms with Gasteiger partial charge in [0.05, 0.1) is 5.52 Å². The molecule has 0 fully saturated rings. The maximum atomic E-state index is 13.1. The summed E-state index contributed by atoms with van der Waals surface area (Å²) in [4.78, 5) is 30.0. The van der Waals surface area contributed by atoms with Crippen LogP contribution in [0.2, 0.25) is 0 Å². The number of aromatic nitrogens is 3. The van der Waals surface area contributed by atoms with E-state index < -0.39 is 0 Å². The predicted octanol–water partition coefficient (Wildman–Crippen LogP) is 2.80. The highest BCUT2D eigenvalue weighted by Crippen LogP contribution is 2.19. The van der Waals surface area contributed by atoms with E-state index in [-0.39, 0.29) is 24.1 Å². The third-order valence-corrected chi connectivity index (χ3v) is 4.91.